The van der Waals surface area contributed by atoms with Crippen LogP contribution in [0.3, 0.4) is 0 Å². The number of rotatable bonds is 11. The molecule has 602 valence electrons. The van der Waals surface area contributed by atoms with Gasteiger partial charge in [-0.1, -0.05) is 351 Å². The SMILES string of the molecule is [2H]c1c([2H])c([2H])c2c(c1[2H])c1c([2H])c([2H])c([2H])c([2H])c1n2-c1ccc2c(c1)N(c1c(-c3ccccc3)cc(-c3ccc(C(C)(C)C)cc3)cc1-c1ccccc1)c1cc(-c3ccc4c(c3)c3cccc5c6ccccc6n4c53)cc3c1B2c1ccc(-c2ccc4c(c2)c2cccc5c6ccccc6n4c52)cc1N3c1c(-c2ccccc2)cc(-c2ccc(C(C)(C)C)cc2)cc1-c1ccccc1. The van der Waals surface area contributed by atoms with Crippen LogP contribution in [-0.4, -0.2) is 20.1 Å². The van der Waals surface area contributed by atoms with Crippen molar-refractivity contribution in [3.05, 3.63) is 423 Å². The number of hydrogen-bond acceptors (Lipinski definition) is 2. The molecule has 5 aromatic heterocycles. The fourth-order valence-electron chi connectivity index (χ4n) is 21.6. The zero-order chi connectivity index (χ0) is 92.1. The van der Waals surface area contributed by atoms with Gasteiger partial charge in [0, 0.05) is 105 Å². The molecular formula is C122H86BN5. The van der Waals surface area contributed by atoms with E-state index in [0.29, 0.717) is 5.69 Å². The van der Waals surface area contributed by atoms with Crippen LogP contribution in [0.1, 0.15) is 63.6 Å². The van der Waals surface area contributed by atoms with Gasteiger partial charge >= 0.3 is 0 Å². The van der Waals surface area contributed by atoms with E-state index in [1.807, 2.05) is 6.07 Å². The predicted molar refractivity (Wildman–Crippen MR) is 545 cm³/mol. The van der Waals surface area contributed by atoms with Gasteiger partial charge in [-0.3, -0.25) is 0 Å². The summed E-state index contributed by atoms with van der Waals surface area (Å²) in [5, 5.41) is 9.38. The molecule has 0 N–H and O–H groups in total. The van der Waals surface area contributed by atoms with Crippen LogP contribution < -0.4 is 26.2 Å². The van der Waals surface area contributed by atoms with Crippen LogP contribution in [0, 0.1) is 0 Å². The molecule has 2 aliphatic heterocycles. The van der Waals surface area contributed by atoms with Crippen molar-refractivity contribution >= 4 is 155 Å². The zero-order valence-corrected chi connectivity index (χ0v) is 71.5. The lowest BCUT2D eigenvalue weighted by Gasteiger charge is -2.46. The minimum Gasteiger partial charge on any atom is -0.310 e. The molecule has 0 radical (unpaired) electrons. The van der Waals surface area contributed by atoms with Crippen LogP contribution in [0.2, 0.25) is 0 Å². The molecule has 0 saturated heterocycles. The van der Waals surface area contributed by atoms with Crippen molar-refractivity contribution in [2.45, 2.75) is 52.4 Å². The molecule has 0 fully saturated rings. The number of para-hydroxylation sites is 6. The Labute approximate surface area is 755 Å². The van der Waals surface area contributed by atoms with Crippen LogP contribution >= 0.6 is 0 Å². The summed E-state index contributed by atoms with van der Waals surface area (Å²) in [4.78, 5) is 5.12. The number of aromatic nitrogens is 3. The van der Waals surface area contributed by atoms with Gasteiger partial charge < -0.3 is 23.2 Å². The Morgan fingerprint density at radius 3 is 0.992 bits per heavy atom. The molecule has 19 aromatic carbocycles. The van der Waals surface area contributed by atoms with E-state index in [0.717, 1.165) is 178 Å². The second kappa shape index (κ2) is 27.9. The lowest BCUT2D eigenvalue weighted by atomic mass is 9.33. The van der Waals surface area contributed by atoms with Crippen molar-refractivity contribution in [3.63, 3.8) is 0 Å². The molecule has 0 aliphatic carbocycles. The van der Waals surface area contributed by atoms with Crippen molar-refractivity contribution in [2.24, 2.45) is 0 Å². The van der Waals surface area contributed by atoms with Crippen molar-refractivity contribution in [3.8, 4) is 94.7 Å². The number of fused-ring (bicyclic) bond motifs is 19. The Bertz CT molecular complexity index is 9020. The molecule has 0 saturated carbocycles. The van der Waals surface area contributed by atoms with E-state index >= 15 is 0 Å². The van der Waals surface area contributed by atoms with E-state index < -0.39 is 43.0 Å². The topological polar surface area (TPSA) is 20.2 Å². The molecule has 6 heteroatoms. The Morgan fingerprint density at radius 1 is 0.234 bits per heavy atom. The van der Waals surface area contributed by atoms with Crippen molar-refractivity contribution < 1.29 is 11.0 Å². The average molecular weight is 1640 g/mol. The molecule has 7 heterocycles. The summed E-state index contributed by atoms with van der Waals surface area (Å²) in [5.74, 6) is 0. The van der Waals surface area contributed by atoms with Crippen molar-refractivity contribution in [1.29, 1.82) is 0 Å². The van der Waals surface area contributed by atoms with Crippen molar-refractivity contribution in [2.75, 3.05) is 9.80 Å². The summed E-state index contributed by atoms with van der Waals surface area (Å²) in [6, 6.07) is 131. The highest BCUT2D eigenvalue weighted by atomic mass is 15.2. The fourth-order valence-corrected chi connectivity index (χ4v) is 21.6. The van der Waals surface area contributed by atoms with Gasteiger partial charge in [-0.2, -0.15) is 0 Å². The van der Waals surface area contributed by atoms with E-state index in [9.17, 15) is 11.0 Å². The number of benzene rings is 19. The van der Waals surface area contributed by atoms with E-state index in [1.165, 1.54) is 49.1 Å². The summed E-state index contributed by atoms with van der Waals surface area (Å²) < 4.78 is 84.1. The smallest absolute Gasteiger partial charge is 0.252 e. The summed E-state index contributed by atoms with van der Waals surface area (Å²) in [6.07, 6.45) is 0. The molecule has 24 aromatic rings. The first kappa shape index (κ1) is 65.8. The summed E-state index contributed by atoms with van der Waals surface area (Å²) in [6.45, 7) is 13.0. The van der Waals surface area contributed by atoms with Gasteiger partial charge in [-0.05, 0) is 208 Å². The maximum Gasteiger partial charge on any atom is 0.252 e. The molecule has 0 spiro atoms. The molecule has 5 nitrogen and oxygen atoms in total. The Morgan fingerprint density at radius 2 is 0.562 bits per heavy atom. The van der Waals surface area contributed by atoms with Gasteiger partial charge in [0.2, 0.25) is 0 Å². The Kier molecular flexibility index (Phi) is 14.3. The van der Waals surface area contributed by atoms with Gasteiger partial charge in [-0.15, -0.1) is 0 Å². The van der Waals surface area contributed by atoms with Gasteiger partial charge in [0.05, 0.1) is 66.5 Å². The normalized spacial score (nSPS) is 13.8. The van der Waals surface area contributed by atoms with Gasteiger partial charge in [0.25, 0.3) is 6.71 Å². The largest absolute Gasteiger partial charge is 0.310 e. The lowest BCUT2D eigenvalue weighted by molar-refractivity contribution is 0.590. The fraction of sp³-hybridized carbons (Fsp3) is 0.0656. The van der Waals surface area contributed by atoms with Crippen LogP contribution in [0.4, 0.5) is 34.1 Å². The maximum atomic E-state index is 10.1. The molecular weight excluding hydrogens is 1550 g/mol. The van der Waals surface area contributed by atoms with E-state index in [2.05, 4.69) is 418 Å². The average Bonchev–Trinajstić information content (AvgIpc) is 1.33. The van der Waals surface area contributed by atoms with Crippen LogP contribution in [0.15, 0.2) is 412 Å². The Balaban J connectivity index is 0.848. The molecule has 0 atom stereocenters. The molecule has 0 bridgehead atoms. The second-order valence-electron chi connectivity index (χ2n) is 36.9. The molecule has 2 aliphatic rings. The highest BCUT2D eigenvalue weighted by molar-refractivity contribution is 7.00. The first-order valence-electron chi connectivity index (χ1n) is 48.3. The number of nitrogens with zero attached hydrogens (tertiary/aromatic N) is 5. The predicted octanol–water partition coefficient (Wildman–Crippen LogP) is 31.1. The van der Waals surface area contributed by atoms with E-state index in [4.69, 9.17) is 0 Å². The first-order chi connectivity index (χ1) is 66.1. The summed E-state index contributed by atoms with van der Waals surface area (Å²) >= 11 is 0. The third kappa shape index (κ3) is 11.1. The molecule has 26 rings (SSSR count). The van der Waals surface area contributed by atoms with Gasteiger partial charge in [0.15, 0.2) is 0 Å². The van der Waals surface area contributed by atoms with Crippen LogP contribution in [0.25, 0.3) is 193 Å². The monoisotopic (exact) mass is 1640 g/mol. The maximum absolute atomic E-state index is 10.1. The minimum absolute atomic E-state index is 0.00547. The van der Waals surface area contributed by atoms with Gasteiger partial charge in [0.1, 0.15) is 0 Å². The molecule has 0 unspecified atom stereocenters. The summed E-state index contributed by atoms with van der Waals surface area (Å²) in [5.41, 5.74) is 33.7. The minimum atomic E-state index is -0.595. The quantitative estimate of drug-likeness (QED) is 0.120. The van der Waals surface area contributed by atoms with Crippen LogP contribution in [0.5, 0.6) is 0 Å². The van der Waals surface area contributed by atoms with Crippen LogP contribution in [-0.2, 0) is 10.8 Å². The third-order valence-corrected chi connectivity index (χ3v) is 27.6. The Hall–Kier alpha value is -15.8. The first-order valence-corrected chi connectivity index (χ1v) is 44.3. The molecule has 128 heavy (non-hydrogen) atoms. The van der Waals surface area contributed by atoms with E-state index in [1.54, 1.807) is 4.57 Å². The highest BCUT2D eigenvalue weighted by Crippen LogP contribution is 2.57. The van der Waals surface area contributed by atoms with Crippen molar-refractivity contribution in [1.82, 2.24) is 13.4 Å². The zero-order valence-electron chi connectivity index (χ0n) is 79.5. The highest BCUT2D eigenvalue weighted by Gasteiger charge is 2.46. The third-order valence-electron chi connectivity index (χ3n) is 27.6. The lowest BCUT2D eigenvalue weighted by Crippen LogP contribution is -2.61. The number of anilines is 6. The summed E-state index contributed by atoms with van der Waals surface area (Å²) in [7, 11) is 0. The number of hydrogen-bond donors (Lipinski definition) is 0. The standard InChI is InChI=1S/C122H86BN5/c1-121(2,3)87-56-49-75(50-57-87)84-67-98(77-29-11-7-12-30-77)119(99(68-84)78-31-13-8-14-32-78)127-112-71-83(81-54-63-110-102(65-81)96-43-27-41-94-92-39-21-25-47-108(92)125(110)117(94)96)53-61-104(112)123-105-62-60-89(124-106-45-23-19-37-90(106)91-38-20-24-46-107(91)124)74-113(105)128(120-100(79-33-15-9-16-34-79)69-85(70-101(120)80-35-17-10-18-36-80)76-51-58-88(59-52-76)122(4,5)6)115-73-86(72-114(127)116(115)123)82-55-64-111-103(66-82)97-44-28-42-95-93-40-22-26-48-109(93)126(111)118(95)97/h7-74H,1-6H3/i19D,20D,23D,24D,37D,38D,45D,46D. The molecule has 0 amide bonds. The second-order valence-corrected chi connectivity index (χ2v) is 36.9. The van der Waals surface area contributed by atoms with Gasteiger partial charge in [-0.25, -0.2) is 0 Å². The van der Waals surface area contributed by atoms with E-state index in [-0.39, 0.29) is 44.7 Å².